The van der Waals surface area contributed by atoms with Crippen molar-refractivity contribution in [3.8, 4) is 23.0 Å². The Labute approximate surface area is 566 Å². The van der Waals surface area contributed by atoms with Crippen molar-refractivity contribution in [2.45, 2.75) is 65.7 Å². The summed E-state index contributed by atoms with van der Waals surface area (Å²) in [7, 11) is -8.59. The van der Waals surface area contributed by atoms with Gasteiger partial charge in [-0.05, 0) is 151 Å². The number of nitrogens with zero attached hydrogens (tertiary/aromatic N) is 6. The number of nitrogens with one attached hydrogen (secondary N) is 3. The van der Waals surface area contributed by atoms with E-state index in [9.17, 15) is 44.0 Å². The molecule has 0 aliphatic carbocycles. The van der Waals surface area contributed by atoms with Crippen molar-refractivity contribution >= 4 is 75.9 Å². The quantitative estimate of drug-likeness (QED) is 0.0764. The molecule has 21 nitrogen and oxygen atoms in total. The van der Waals surface area contributed by atoms with Gasteiger partial charge in [0.05, 0.1) is 60.3 Å². The van der Waals surface area contributed by atoms with Crippen LogP contribution in [0.15, 0.2) is 283 Å². The maximum absolute atomic E-state index is 14.1. The number of hydrogen-bond acceptors (Lipinski definition) is 16. The number of halogens is 1. The Morgan fingerprint density at radius 3 is 1.35 bits per heavy atom. The van der Waals surface area contributed by atoms with Crippen LogP contribution in [0.25, 0.3) is 16.9 Å². The first-order valence-corrected chi connectivity index (χ1v) is 35.2. The van der Waals surface area contributed by atoms with Gasteiger partial charge in [-0.1, -0.05) is 72.4 Å². The van der Waals surface area contributed by atoms with Crippen LogP contribution in [0.5, 0.6) is 23.0 Å². The van der Waals surface area contributed by atoms with Crippen LogP contribution in [0.1, 0.15) is 53.3 Å². The summed E-state index contributed by atoms with van der Waals surface area (Å²) in [5, 5.41) is 8.50. The Morgan fingerprint density at radius 2 is 0.888 bits per heavy atom. The Bertz CT molecular complexity index is 5540. The molecule has 0 atom stereocenters. The van der Waals surface area contributed by atoms with Gasteiger partial charge in [-0.2, -0.15) is 0 Å². The Kier molecular flexibility index (Phi) is 19.3. The summed E-state index contributed by atoms with van der Waals surface area (Å²) in [5.74, 6) is 0.260. The van der Waals surface area contributed by atoms with E-state index in [1.54, 1.807) is 185 Å². The minimum absolute atomic E-state index is 0.00844. The Balaban J connectivity index is 0.000000141. The van der Waals surface area contributed by atoms with Crippen molar-refractivity contribution < 1.29 is 58.2 Å². The summed E-state index contributed by atoms with van der Waals surface area (Å²) >= 11 is 1.48. The monoisotopic (exact) mass is 1390 g/mol. The average Bonchev–Trinajstić information content (AvgIpc) is 0.963. The van der Waals surface area contributed by atoms with Gasteiger partial charge in [0.25, 0.3) is 17.7 Å². The number of carbonyl (C=O) groups excluding carboxylic acids is 3. The fraction of sp³-hybridized carbons (Fsp3) is 0.0833. The summed E-state index contributed by atoms with van der Waals surface area (Å²) in [4.78, 5) is 51.7. The minimum Gasteiger partial charge on any atom is -0.493 e. The first-order valence-electron chi connectivity index (χ1n) is 30.0. The molecule has 98 heavy (non-hydrogen) atoms. The number of methoxy groups -OCH3 is 2. The van der Waals surface area contributed by atoms with Gasteiger partial charge in [-0.25, -0.2) is 44.6 Å². The number of benzene rings is 7. The van der Waals surface area contributed by atoms with Crippen molar-refractivity contribution in [1.82, 2.24) is 44.1 Å². The lowest BCUT2D eigenvalue weighted by Gasteiger charge is -2.21. The number of ether oxygens (including phenoxy) is 3. The number of carbonyl (C=O) groups is 3. The summed E-state index contributed by atoms with van der Waals surface area (Å²) < 4.78 is 114. The summed E-state index contributed by atoms with van der Waals surface area (Å²) in [6.07, 6.45) is 15.4. The van der Waals surface area contributed by atoms with Crippen molar-refractivity contribution in [2.24, 2.45) is 0 Å². The lowest BCUT2D eigenvalue weighted by molar-refractivity contribution is 0.0942. The van der Waals surface area contributed by atoms with Gasteiger partial charge < -0.3 is 43.4 Å². The molecule has 13 aromatic rings. The molecule has 0 fully saturated rings. The second-order valence-electron chi connectivity index (χ2n) is 22.0. The molecule has 0 radical (unpaired) electrons. The third kappa shape index (κ3) is 14.5. The molecule has 0 saturated heterocycles. The number of fused-ring (bicyclic) bond motifs is 5. The van der Waals surface area contributed by atoms with Crippen molar-refractivity contribution in [3.63, 3.8) is 0 Å². The molecule has 0 saturated carbocycles. The molecular weight excluding hydrogens is 1330 g/mol. The molecule has 0 spiro atoms. The number of para-hydroxylation sites is 2. The zero-order chi connectivity index (χ0) is 68.7. The highest BCUT2D eigenvalue weighted by Gasteiger charge is 2.29. The SMILES string of the molecule is COc1ccc(S(=O)(=O)c2ccc(CNC(=O)c3ccc4nccn4c3)cc2)cc1OC.Cc1ccc(S(=O)(=O)c2ccc(CNC(=O)c3ccc4nccn4c3)cc2)c(F)c1.O=C(NCc1ccc(S(=O)(=O)c2cccc3c2Oc2ccccc2S3)cc1)c1ccc2nccn2c1. The molecule has 3 amide bonds. The fourth-order valence-corrected chi connectivity index (χ4v) is 15.3. The molecule has 494 valence electrons. The van der Waals surface area contributed by atoms with Gasteiger partial charge in [0.2, 0.25) is 29.5 Å². The van der Waals surface area contributed by atoms with Crippen molar-refractivity contribution in [3.05, 3.63) is 289 Å². The van der Waals surface area contributed by atoms with Crippen LogP contribution in [0.4, 0.5) is 4.39 Å². The first-order chi connectivity index (χ1) is 47.2. The summed E-state index contributed by atoms with van der Waals surface area (Å²) in [6.45, 7) is 2.44. The Hall–Kier alpha value is -11.5. The molecule has 0 bridgehead atoms. The van der Waals surface area contributed by atoms with E-state index in [4.69, 9.17) is 14.2 Å². The number of pyridine rings is 3. The molecule has 7 heterocycles. The molecule has 1 aliphatic rings. The van der Waals surface area contributed by atoms with Crippen LogP contribution in [-0.4, -0.2) is 85.3 Å². The predicted octanol–water partition coefficient (Wildman–Crippen LogP) is 12.0. The van der Waals surface area contributed by atoms with Crippen LogP contribution in [0.3, 0.4) is 0 Å². The molecular formula is C72H58FN9O12S4. The van der Waals surface area contributed by atoms with Crippen LogP contribution in [0, 0.1) is 12.7 Å². The zero-order valence-corrected chi connectivity index (χ0v) is 55.6. The number of amides is 3. The van der Waals surface area contributed by atoms with Crippen LogP contribution < -0.4 is 30.2 Å². The number of sulfone groups is 3. The number of imidazole rings is 3. The van der Waals surface area contributed by atoms with Crippen molar-refractivity contribution in [1.29, 1.82) is 0 Å². The number of rotatable bonds is 17. The number of aryl methyl sites for hydroxylation is 1. The molecule has 14 rings (SSSR count). The second-order valence-corrected chi connectivity index (χ2v) is 28.9. The molecule has 3 N–H and O–H groups in total. The zero-order valence-electron chi connectivity index (χ0n) is 52.3. The molecule has 0 unspecified atom stereocenters. The highest BCUT2D eigenvalue weighted by atomic mass is 32.2. The van der Waals surface area contributed by atoms with E-state index < -0.39 is 35.3 Å². The number of aromatic nitrogens is 6. The van der Waals surface area contributed by atoms with Gasteiger partial charge in [0.1, 0.15) is 38.3 Å². The van der Waals surface area contributed by atoms with Gasteiger partial charge in [-0.3, -0.25) is 14.4 Å². The van der Waals surface area contributed by atoms with Gasteiger partial charge in [-0.15, -0.1) is 0 Å². The molecule has 26 heteroatoms. The first kappa shape index (κ1) is 66.6. The smallest absolute Gasteiger partial charge is 0.253 e. The topological polar surface area (TPSA) is 269 Å². The lowest BCUT2D eigenvalue weighted by atomic mass is 10.2. The lowest BCUT2D eigenvalue weighted by Crippen LogP contribution is -2.23. The van der Waals surface area contributed by atoms with Gasteiger partial charge in [0.15, 0.2) is 17.2 Å². The van der Waals surface area contributed by atoms with Crippen LogP contribution >= 0.6 is 11.8 Å². The van der Waals surface area contributed by atoms with E-state index in [1.807, 2.05) is 30.3 Å². The average molecular weight is 1390 g/mol. The highest BCUT2D eigenvalue weighted by molar-refractivity contribution is 7.99. The number of hydrogen-bond donors (Lipinski definition) is 3. The van der Waals surface area contributed by atoms with E-state index in [-0.39, 0.29) is 66.7 Å². The van der Waals surface area contributed by atoms with Crippen LogP contribution in [0.2, 0.25) is 0 Å². The third-order valence-electron chi connectivity index (χ3n) is 15.6. The molecule has 6 aromatic heterocycles. The molecule has 1 aliphatic heterocycles. The molecule has 7 aromatic carbocycles. The summed E-state index contributed by atoms with van der Waals surface area (Å²) in [6, 6.07) is 50.5. The van der Waals surface area contributed by atoms with Crippen LogP contribution in [-0.2, 0) is 49.1 Å². The highest BCUT2D eigenvalue weighted by Crippen LogP contribution is 2.50. The normalized spacial score (nSPS) is 11.8. The summed E-state index contributed by atoms with van der Waals surface area (Å²) in [5.41, 5.74) is 6.67. The van der Waals surface area contributed by atoms with Gasteiger partial charge in [0, 0.05) is 81.5 Å². The largest absolute Gasteiger partial charge is 0.493 e. The van der Waals surface area contributed by atoms with E-state index in [0.29, 0.717) is 45.3 Å². The second kappa shape index (κ2) is 28.5. The predicted molar refractivity (Wildman–Crippen MR) is 363 cm³/mol. The third-order valence-corrected chi connectivity index (χ3v) is 22.0. The van der Waals surface area contributed by atoms with E-state index >= 15 is 0 Å². The fourth-order valence-electron chi connectivity index (χ4n) is 10.3. The van der Waals surface area contributed by atoms with Gasteiger partial charge >= 0.3 is 0 Å². The Morgan fingerprint density at radius 1 is 0.459 bits per heavy atom. The van der Waals surface area contributed by atoms with E-state index in [1.165, 1.54) is 74.5 Å². The van der Waals surface area contributed by atoms with E-state index in [0.717, 1.165) is 43.4 Å². The van der Waals surface area contributed by atoms with E-state index in [2.05, 4.69) is 30.9 Å². The minimum atomic E-state index is -3.96. The maximum atomic E-state index is 14.1. The standard InChI is InChI=1S/C27H19N3O4S2.C23H21N3O5S.C22H18FN3O3S/c31-27(19-10-13-25-28-14-15-30(25)17-19)29-16-18-8-11-20(12-9-18)36(32,33)24-7-3-6-23-26(24)34-21-4-1-2-5-22(21)35-23;1-30-20-9-8-19(13-21(20)31-2)32(28,29)18-6-3-16(4-7-18)14-25-23(27)17-5-10-22-24-11-12-26(22)15-17;1-15-2-8-20(19(23)12-15)30(28,29)18-6-3-16(4-7-18)13-25-22(27)17-5-9-21-24-10-11-26(21)14-17/h1-15,17H,16H2,(H,29,31);3-13,15H,14H2,1-2H3,(H,25,27);2-12,14H,13H2,1H3,(H,25,27). The van der Waals surface area contributed by atoms with Crippen molar-refractivity contribution in [2.75, 3.05) is 14.2 Å². The maximum Gasteiger partial charge on any atom is 0.253 e.